The Labute approximate surface area is 101 Å². The van der Waals surface area contributed by atoms with Crippen molar-refractivity contribution >= 4 is 35.2 Å². The van der Waals surface area contributed by atoms with E-state index in [2.05, 4.69) is 9.69 Å². The monoisotopic (exact) mass is 260 g/mol. The van der Waals surface area contributed by atoms with Gasteiger partial charge in [-0.25, -0.2) is 0 Å². The van der Waals surface area contributed by atoms with E-state index in [4.69, 9.17) is 5.11 Å². The van der Waals surface area contributed by atoms with E-state index in [-0.39, 0.29) is 11.7 Å². The molecule has 0 unspecified atom stereocenters. The largest absolute Gasteiger partial charge is 0.481 e. The lowest BCUT2D eigenvalue weighted by molar-refractivity contribution is -0.133. The van der Waals surface area contributed by atoms with Crippen LogP contribution in [0.3, 0.4) is 0 Å². The predicted octanol–water partition coefficient (Wildman–Crippen LogP) is 0.999. The first-order chi connectivity index (χ1) is 7.61. The number of hydrogen-bond donors (Lipinski definition) is 2. The molecule has 0 radical (unpaired) electrons. The lowest BCUT2D eigenvalue weighted by atomic mass is 10.2. The van der Waals surface area contributed by atoms with Gasteiger partial charge < -0.3 is 10.4 Å². The number of aromatic nitrogens is 1. The van der Waals surface area contributed by atoms with Crippen LogP contribution in [0.1, 0.15) is 16.1 Å². The van der Waals surface area contributed by atoms with Crippen LogP contribution in [0.5, 0.6) is 0 Å². The fourth-order valence-electron chi connectivity index (χ4n) is 1.00. The molecule has 1 heterocycles. The second-order valence-electron chi connectivity index (χ2n) is 3.02. The van der Waals surface area contributed by atoms with Crippen molar-refractivity contribution < 1.29 is 14.7 Å². The highest BCUT2D eigenvalue weighted by Gasteiger charge is 2.09. The fourth-order valence-corrected chi connectivity index (χ4v) is 2.26. The summed E-state index contributed by atoms with van der Waals surface area (Å²) in [6, 6.07) is 0. The normalized spacial score (nSPS) is 10.1. The number of carboxylic acids is 1. The highest BCUT2D eigenvalue weighted by atomic mass is 32.2. The van der Waals surface area contributed by atoms with E-state index in [0.29, 0.717) is 17.9 Å². The number of nitrogens with one attached hydrogen (secondary N) is 1. The van der Waals surface area contributed by atoms with Crippen molar-refractivity contribution in [3.63, 3.8) is 0 Å². The maximum absolute atomic E-state index is 11.6. The molecule has 2 N–H and O–H groups in total. The molecule has 1 aromatic rings. The van der Waals surface area contributed by atoms with E-state index >= 15 is 0 Å². The molecule has 1 rings (SSSR count). The number of carboxylic acid groups (broad SMARTS) is 1. The molecule has 0 aliphatic carbocycles. The number of amides is 1. The third-order valence-corrected chi connectivity index (χ3v) is 3.42. The number of aliphatic carboxylic acids is 1. The molecule has 0 fully saturated rings. The maximum Gasteiger partial charge on any atom is 0.313 e. The predicted molar refractivity (Wildman–Crippen MR) is 64.1 cm³/mol. The summed E-state index contributed by atoms with van der Waals surface area (Å²) < 4.78 is 4.00. The SMILES string of the molecule is Cc1nscc1C(=O)NCCSCC(=O)O. The van der Waals surface area contributed by atoms with Gasteiger partial charge in [0.15, 0.2) is 0 Å². The minimum Gasteiger partial charge on any atom is -0.481 e. The van der Waals surface area contributed by atoms with Crippen LogP contribution in [0, 0.1) is 6.92 Å². The molecule has 0 saturated carbocycles. The minimum absolute atomic E-state index is 0.0644. The summed E-state index contributed by atoms with van der Waals surface area (Å²) in [5, 5.41) is 12.8. The first-order valence-electron chi connectivity index (χ1n) is 4.60. The van der Waals surface area contributed by atoms with E-state index < -0.39 is 5.97 Å². The van der Waals surface area contributed by atoms with Gasteiger partial charge in [-0.3, -0.25) is 9.59 Å². The Bertz CT molecular complexity index is 379. The van der Waals surface area contributed by atoms with Crippen LogP contribution in [0.25, 0.3) is 0 Å². The first kappa shape index (κ1) is 13.0. The summed E-state index contributed by atoms with van der Waals surface area (Å²) in [4.78, 5) is 21.8. The molecule has 16 heavy (non-hydrogen) atoms. The molecule has 0 saturated heterocycles. The van der Waals surface area contributed by atoms with Crippen LogP contribution >= 0.6 is 23.3 Å². The van der Waals surface area contributed by atoms with Gasteiger partial charge in [-0.15, -0.1) is 11.8 Å². The van der Waals surface area contributed by atoms with Crippen molar-refractivity contribution in [1.82, 2.24) is 9.69 Å². The van der Waals surface area contributed by atoms with Crippen molar-refractivity contribution in [2.45, 2.75) is 6.92 Å². The molecule has 1 aromatic heterocycles. The molecule has 0 aliphatic heterocycles. The van der Waals surface area contributed by atoms with E-state index in [1.165, 1.54) is 23.3 Å². The standard InChI is InChI=1S/C9H12N2O3S2/c1-6-7(4-16-11-6)9(14)10-2-3-15-5-8(12)13/h4H,2-3,5H2,1H3,(H,10,14)(H,12,13). The fraction of sp³-hybridized carbons (Fsp3) is 0.444. The Morgan fingerprint density at radius 1 is 1.62 bits per heavy atom. The molecule has 88 valence electrons. The van der Waals surface area contributed by atoms with Crippen molar-refractivity contribution in [1.29, 1.82) is 0 Å². The second-order valence-corrected chi connectivity index (χ2v) is 4.75. The number of hydrogen-bond acceptors (Lipinski definition) is 5. The average Bonchev–Trinajstić information content (AvgIpc) is 2.63. The summed E-state index contributed by atoms with van der Waals surface area (Å²) in [6.07, 6.45) is 0. The molecule has 0 atom stereocenters. The number of thioether (sulfide) groups is 1. The highest BCUT2D eigenvalue weighted by Crippen LogP contribution is 2.08. The zero-order valence-electron chi connectivity index (χ0n) is 8.73. The van der Waals surface area contributed by atoms with Crippen LogP contribution in [-0.4, -0.2) is 39.4 Å². The molecular formula is C9H12N2O3S2. The number of nitrogens with zero attached hydrogens (tertiary/aromatic N) is 1. The molecule has 7 heteroatoms. The van der Waals surface area contributed by atoms with Crippen LogP contribution in [-0.2, 0) is 4.79 Å². The van der Waals surface area contributed by atoms with E-state index in [1.54, 1.807) is 12.3 Å². The van der Waals surface area contributed by atoms with Gasteiger partial charge in [0.2, 0.25) is 0 Å². The van der Waals surface area contributed by atoms with Crippen molar-refractivity contribution in [2.75, 3.05) is 18.1 Å². The summed E-state index contributed by atoms with van der Waals surface area (Å²) in [6.45, 7) is 2.25. The second kappa shape index (κ2) is 6.49. The quantitative estimate of drug-likeness (QED) is 0.746. The Morgan fingerprint density at radius 3 is 2.94 bits per heavy atom. The molecule has 0 aliphatic rings. The van der Waals surface area contributed by atoms with E-state index in [1.807, 2.05) is 0 Å². The minimum atomic E-state index is -0.839. The smallest absolute Gasteiger partial charge is 0.313 e. The molecular weight excluding hydrogens is 248 g/mol. The molecule has 0 bridgehead atoms. The van der Waals surface area contributed by atoms with Gasteiger partial charge in [0.1, 0.15) is 0 Å². The molecule has 0 spiro atoms. The van der Waals surface area contributed by atoms with Gasteiger partial charge in [0.05, 0.1) is 17.0 Å². The lowest BCUT2D eigenvalue weighted by Gasteiger charge is -2.03. The third kappa shape index (κ3) is 4.19. The van der Waals surface area contributed by atoms with Gasteiger partial charge in [0.25, 0.3) is 5.91 Å². The van der Waals surface area contributed by atoms with Crippen molar-refractivity contribution in [3.8, 4) is 0 Å². The van der Waals surface area contributed by atoms with Crippen molar-refractivity contribution in [3.05, 3.63) is 16.6 Å². The summed E-state index contributed by atoms with van der Waals surface area (Å²) in [5.41, 5.74) is 1.31. The number of aryl methyl sites for hydroxylation is 1. The van der Waals surface area contributed by atoms with Crippen molar-refractivity contribution in [2.24, 2.45) is 0 Å². The van der Waals surface area contributed by atoms with Crippen LogP contribution < -0.4 is 5.32 Å². The van der Waals surface area contributed by atoms with Gasteiger partial charge in [-0.2, -0.15) is 4.37 Å². The Hall–Kier alpha value is -1.08. The lowest BCUT2D eigenvalue weighted by Crippen LogP contribution is -2.26. The van der Waals surface area contributed by atoms with Crippen LogP contribution in [0.15, 0.2) is 5.38 Å². The zero-order chi connectivity index (χ0) is 12.0. The topological polar surface area (TPSA) is 79.3 Å². The summed E-state index contributed by atoms with van der Waals surface area (Å²) >= 11 is 2.53. The summed E-state index contributed by atoms with van der Waals surface area (Å²) in [7, 11) is 0. The van der Waals surface area contributed by atoms with Crippen LogP contribution in [0.4, 0.5) is 0 Å². The number of carbonyl (C=O) groups excluding carboxylic acids is 1. The number of rotatable bonds is 6. The molecule has 1 amide bonds. The maximum atomic E-state index is 11.6. The molecule has 5 nitrogen and oxygen atoms in total. The van der Waals surface area contributed by atoms with E-state index in [0.717, 1.165) is 5.69 Å². The van der Waals surface area contributed by atoms with Gasteiger partial charge in [-0.05, 0) is 18.5 Å². The van der Waals surface area contributed by atoms with Gasteiger partial charge in [0, 0.05) is 17.7 Å². The average molecular weight is 260 g/mol. The Kier molecular flexibility index (Phi) is 5.27. The Balaban J connectivity index is 2.21. The highest BCUT2D eigenvalue weighted by molar-refractivity contribution is 7.99. The third-order valence-electron chi connectivity index (χ3n) is 1.75. The van der Waals surface area contributed by atoms with Gasteiger partial charge >= 0.3 is 5.97 Å². The van der Waals surface area contributed by atoms with E-state index in [9.17, 15) is 9.59 Å². The van der Waals surface area contributed by atoms with Crippen LogP contribution in [0.2, 0.25) is 0 Å². The summed E-state index contributed by atoms with van der Waals surface area (Å²) in [5.74, 6) is -0.333. The zero-order valence-corrected chi connectivity index (χ0v) is 10.4. The molecule has 0 aromatic carbocycles. The van der Waals surface area contributed by atoms with Gasteiger partial charge in [-0.1, -0.05) is 0 Å². The first-order valence-corrected chi connectivity index (χ1v) is 6.59. The Morgan fingerprint density at radius 2 is 2.38 bits per heavy atom. The number of carbonyl (C=O) groups is 2.